The van der Waals surface area contributed by atoms with Gasteiger partial charge in [-0.3, -0.25) is 9.59 Å². The van der Waals surface area contributed by atoms with Gasteiger partial charge in [0.05, 0.1) is 11.5 Å². The van der Waals surface area contributed by atoms with Crippen molar-refractivity contribution < 1.29 is 22.8 Å². The number of hydrogen-bond donors (Lipinski definition) is 2. The zero-order valence-corrected chi connectivity index (χ0v) is 14.6. The Balaban J connectivity index is 1.45. The van der Waals surface area contributed by atoms with E-state index < -0.39 is 29.3 Å². The molecule has 2 amide bonds. The van der Waals surface area contributed by atoms with Crippen LogP contribution >= 0.6 is 0 Å². The quantitative estimate of drug-likeness (QED) is 0.674. The molecule has 1 aliphatic heterocycles. The molecule has 2 aromatic carbocycles. The van der Waals surface area contributed by atoms with Gasteiger partial charge in [-0.2, -0.15) is 0 Å². The maximum Gasteiger partial charge on any atom is 0.256 e. The number of likely N-dealkylation sites (tertiary alicyclic amines) is 1. The molecule has 144 valence electrons. The van der Waals surface area contributed by atoms with Crippen molar-refractivity contribution in [3.8, 4) is 0 Å². The van der Waals surface area contributed by atoms with Gasteiger partial charge in [0.1, 0.15) is 0 Å². The van der Waals surface area contributed by atoms with Gasteiger partial charge in [0.15, 0.2) is 17.5 Å². The third-order valence-electron chi connectivity index (χ3n) is 4.92. The van der Waals surface area contributed by atoms with Gasteiger partial charge in [-0.05, 0) is 12.5 Å². The fraction of sp³-hybridized carbons (Fsp3) is 0.200. The van der Waals surface area contributed by atoms with E-state index in [1.165, 1.54) is 0 Å². The molecule has 0 radical (unpaired) electrons. The molecule has 5 nitrogen and oxygen atoms in total. The number of amides is 2. The smallest absolute Gasteiger partial charge is 0.256 e. The number of fused-ring (bicyclic) bond motifs is 1. The van der Waals surface area contributed by atoms with Crippen LogP contribution in [-0.2, 0) is 4.79 Å². The van der Waals surface area contributed by atoms with Gasteiger partial charge in [0, 0.05) is 48.0 Å². The number of H-pyrrole nitrogens is 1. The van der Waals surface area contributed by atoms with Crippen molar-refractivity contribution in [3.05, 3.63) is 65.6 Å². The van der Waals surface area contributed by atoms with Gasteiger partial charge in [-0.15, -0.1) is 0 Å². The first-order valence-corrected chi connectivity index (χ1v) is 8.75. The van der Waals surface area contributed by atoms with Gasteiger partial charge in [0.2, 0.25) is 5.91 Å². The second-order valence-electron chi connectivity index (χ2n) is 6.73. The van der Waals surface area contributed by atoms with E-state index in [1.54, 1.807) is 11.1 Å². The van der Waals surface area contributed by atoms with Gasteiger partial charge in [-0.25, -0.2) is 13.2 Å². The molecule has 0 aliphatic carbocycles. The number of para-hydroxylation sites is 1. The highest BCUT2D eigenvalue weighted by Gasteiger charge is 2.32. The predicted molar refractivity (Wildman–Crippen MR) is 97.3 cm³/mol. The normalized spacial score (nSPS) is 16.5. The number of nitrogens with zero attached hydrogens (tertiary/aromatic N) is 1. The molecule has 1 aliphatic rings. The fourth-order valence-corrected chi connectivity index (χ4v) is 3.45. The van der Waals surface area contributed by atoms with E-state index in [4.69, 9.17) is 0 Å². The molecule has 2 N–H and O–H groups in total. The van der Waals surface area contributed by atoms with Gasteiger partial charge in [-0.1, -0.05) is 18.2 Å². The highest BCUT2D eigenvalue weighted by Crippen LogP contribution is 2.25. The van der Waals surface area contributed by atoms with Crippen molar-refractivity contribution in [2.45, 2.75) is 6.42 Å². The Hall–Kier alpha value is -3.29. The van der Waals surface area contributed by atoms with Crippen LogP contribution in [0.15, 0.2) is 42.6 Å². The summed E-state index contributed by atoms with van der Waals surface area (Å²) in [6, 6.07) is 8.86. The minimum Gasteiger partial charge on any atom is -0.360 e. The second-order valence-corrected chi connectivity index (χ2v) is 6.73. The number of benzene rings is 2. The minimum absolute atomic E-state index is 0.164. The van der Waals surface area contributed by atoms with E-state index in [9.17, 15) is 22.8 Å². The maximum absolute atomic E-state index is 13.3. The van der Waals surface area contributed by atoms with Crippen LogP contribution < -0.4 is 5.32 Å². The molecule has 28 heavy (non-hydrogen) atoms. The highest BCUT2D eigenvalue weighted by molar-refractivity contribution is 6.07. The number of aromatic nitrogens is 1. The lowest BCUT2D eigenvalue weighted by molar-refractivity contribution is -0.119. The lowest BCUT2D eigenvalue weighted by Gasteiger charge is -2.16. The SMILES string of the molecule is O=C(Nc1cc(F)c(F)c(F)c1)[C@H]1CCN(C(=O)c2c[nH]c3ccccc23)C1. The lowest BCUT2D eigenvalue weighted by Crippen LogP contribution is -2.31. The third-order valence-corrected chi connectivity index (χ3v) is 4.92. The molecule has 8 heteroatoms. The maximum atomic E-state index is 13.3. The van der Waals surface area contributed by atoms with Crippen LogP contribution in [0, 0.1) is 23.4 Å². The van der Waals surface area contributed by atoms with E-state index in [2.05, 4.69) is 10.3 Å². The Morgan fingerprint density at radius 3 is 2.57 bits per heavy atom. The van der Waals surface area contributed by atoms with Crippen LogP contribution in [0.3, 0.4) is 0 Å². The average molecular weight is 387 g/mol. The van der Waals surface area contributed by atoms with Crippen LogP contribution in [0.2, 0.25) is 0 Å². The van der Waals surface area contributed by atoms with E-state index in [-0.39, 0.29) is 18.1 Å². The molecule has 0 unspecified atom stereocenters. The van der Waals surface area contributed by atoms with Crippen molar-refractivity contribution in [3.63, 3.8) is 0 Å². The van der Waals surface area contributed by atoms with Crippen molar-refractivity contribution in [2.75, 3.05) is 18.4 Å². The standard InChI is InChI=1S/C20H16F3N3O2/c21-15-7-12(8-16(22)18(15)23)25-19(27)11-5-6-26(10-11)20(28)14-9-24-17-4-2-1-3-13(14)17/h1-4,7-9,11,24H,5-6,10H2,(H,25,27)/t11-/m0/s1. The monoisotopic (exact) mass is 387 g/mol. The number of hydrogen-bond acceptors (Lipinski definition) is 2. The van der Waals surface area contributed by atoms with Crippen molar-refractivity contribution in [1.82, 2.24) is 9.88 Å². The number of carbonyl (C=O) groups is 2. The molecule has 3 aromatic rings. The lowest BCUT2D eigenvalue weighted by atomic mass is 10.1. The third kappa shape index (κ3) is 3.21. The Morgan fingerprint density at radius 2 is 1.82 bits per heavy atom. The zero-order chi connectivity index (χ0) is 19.8. The van der Waals surface area contributed by atoms with E-state index in [0.717, 1.165) is 23.0 Å². The summed E-state index contributed by atoms with van der Waals surface area (Å²) >= 11 is 0. The Morgan fingerprint density at radius 1 is 1.11 bits per heavy atom. The summed E-state index contributed by atoms with van der Waals surface area (Å²) in [7, 11) is 0. The second kappa shape index (κ2) is 7.03. The van der Waals surface area contributed by atoms with Crippen LogP contribution in [-0.4, -0.2) is 34.8 Å². The van der Waals surface area contributed by atoms with Crippen LogP contribution in [0.1, 0.15) is 16.8 Å². The molecule has 1 fully saturated rings. The summed E-state index contributed by atoms with van der Waals surface area (Å²) in [6.07, 6.45) is 2.07. The Labute approximate surface area is 158 Å². The van der Waals surface area contributed by atoms with Crippen molar-refractivity contribution in [1.29, 1.82) is 0 Å². The highest BCUT2D eigenvalue weighted by atomic mass is 19.2. The zero-order valence-electron chi connectivity index (χ0n) is 14.6. The molecule has 4 rings (SSSR count). The minimum atomic E-state index is -1.59. The molecule has 0 spiro atoms. The first kappa shape index (κ1) is 18.1. The molecule has 1 aromatic heterocycles. The summed E-state index contributed by atoms with van der Waals surface area (Å²) in [6.45, 7) is 0.582. The number of aromatic amines is 1. The van der Waals surface area contributed by atoms with E-state index >= 15 is 0 Å². The van der Waals surface area contributed by atoms with Crippen LogP contribution in [0.4, 0.5) is 18.9 Å². The van der Waals surface area contributed by atoms with Gasteiger partial charge < -0.3 is 15.2 Å². The predicted octanol–water partition coefficient (Wildman–Crippen LogP) is 3.69. The van der Waals surface area contributed by atoms with Gasteiger partial charge >= 0.3 is 0 Å². The molecular formula is C20H16F3N3O2. The molecular weight excluding hydrogens is 371 g/mol. The Bertz CT molecular complexity index is 1060. The average Bonchev–Trinajstić information content (AvgIpc) is 3.33. The summed E-state index contributed by atoms with van der Waals surface area (Å²) in [5.74, 6) is -5.53. The summed E-state index contributed by atoms with van der Waals surface area (Å²) < 4.78 is 39.6. The first-order chi connectivity index (χ1) is 13.4. The summed E-state index contributed by atoms with van der Waals surface area (Å²) in [5, 5.41) is 3.19. The number of rotatable bonds is 3. The first-order valence-electron chi connectivity index (χ1n) is 8.75. The van der Waals surface area contributed by atoms with Crippen LogP contribution in [0.25, 0.3) is 10.9 Å². The number of halogens is 3. The number of nitrogens with one attached hydrogen (secondary N) is 2. The topological polar surface area (TPSA) is 65.2 Å². The van der Waals surface area contributed by atoms with Crippen LogP contribution in [0.5, 0.6) is 0 Å². The molecule has 0 saturated carbocycles. The summed E-state index contributed by atoms with van der Waals surface area (Å²) in [4.78, 5) is 29.8. The Kier molecular flexibility index (Phi) is 4.54. The van der Waals surface area contributed by atoms with Crippen molar-refractivity contribution in [2.24, 2.45) is 5.92 Å². The van der Waals surface area contributed by atoms with Gasteiger partial charge in [0.25, 0.3) is 5.91 Å². The van der Waals surface area contributed by atoms with Crippen molar-refractivity contribution >= 4 is 28.4 Å². The summed E-state index contributed by atoms with van der Waals surface area (Å²) in [5.41, 5.74) is 1.21. The molecule has 2 heterocycles. The number of anilines is 1. The largest absolute Gasteiger partial charge is 0.360 e. The van der Waals surface area contributed by atoms with E-state index in [0.29, 0.717) is 18.5 Å². The molecule has 1 saturated heterocycles. The van der Waals surface area contributed by atoms with E-state index in [1.807, 2.05) is 24.3 Å². The number of carbonyl (C=O) groups excluding carboxylic acids is 2. The molecule has 1 atom stereocenters. The molecule has 0 bridgehead atoms. The fourth-order valence-electron chi connectivity index (χ4n) is 3.45.